The van der Waals surface area contributed by atoms with Crippen molar-refractivity contribution >= 4 is 34.7 Å². The summed E-state index contributed by atoms with van der Waals surface area (Å²) < 4.78 is 18.3. The Hall–Kier alpha value is -3.17. The van der Waals surface area contributed by atoms with Gasteiger partial charge in [0.2, 0.25) is 0 Å². The van der Waals surface area contributed by atoms with Crippen LogP contribution >= 0.6 is 22.7 Å². The summed E-state index contributed by atoms with van der Waals surface area (Å²) in [6.07, 6.45) is 1.49. The van der Waals surface area contributed by atoms with Crippen LogP contribution in [0.3, 0.4) is 0 Å². The average molecular weight is 485 g/mol. The average Bonchev–Trinajstić information content (AvgIpc) is 3.41. The van der Waals surface area contributed by atoms with Gasteiger partial charge in [0.05, 0.1) is 36.1 Å². The first-order valence-corrected chi connectivity index (χ1v) is 12.0. The van der Waals surface area contributed by atoms with Gasteiger partial charge in [0.1, 0.15) is 17.5 Å². The molecule has 0 saturated heterocycles. The Bertz CT molecular complexity index is 1400. The lowest BCUT2D eigenvalue weighted by atomic mass is 10.0. The molecule has 0 fully saturated rings. The molecule has 0 amide bonds. The molecule has 33 heavy (non-hydrogen) atoms. The van der Waals surface area contributed by atoms with Crippen LogP contribution in [0.15, 0.2) is 56.8 Å². The van der Waals surface area contributed by atoms with Crippen LogP contribution in [0.4, 0.5) is 0 Å². The number of hydrogen-bond donors (Lipinski definition) is 0. The zero-order valence-corrected chi connectivity index (χ0v) is 20.6. The van der Waals surface area contributed by atoms with Crippen LogP contribution in [0.25, 0.3) is 6.08 Å². The van der Waals surface area contributed by atoms with Gasteiger partial charge in [-0.3, -0.25) is 9.36 Å². The fraction of sp³-hybridized carbons (Fsp3) is 0.292. The molecule has 4 rings (SSSR count). The smallest absolute Gasteiger partial charge is 0.338 e. The summed E-state index contributed by atoms with van der Waals surface area (Å²) in [6.45, 7) is 5.37. The number of aromatic nitrogens is 1. The van der Waals surface area contributed by atoms with Crippen LogP contribution in [0.2, 0.25) is 0 Å². The van der Waals surface area contributed by atoms with Crippen molar-refractivity contribution < 1.29 is 19.0 Å². The van der Waals surface area contributed by atoms with Gasteiger partial charge in [-0.05, 0) is 50.4 Å². The molecule has 0 N–H and O–H groups in total. The van der Waals surface area contributed by atoms with E-state index >= 15 is 0 Å². The number of thiazole rings is 1. The molecule has 2 aromatic heterocycles. The number of fused-ring (bicyclic) bond motifs is 1. The number of carbonyl (C=O) groups excluding carboxylic acids is 1. The predicted molar refractivity (Wildman–Crippen MR) is 129 cm³/mol. The normalized spacial score (nSPS) is 15.9. The van der Waals surface area contributed by atoms with Gasteiger partial charge in [-0.1, -0.05) is 17.4 Å². The lowest BCUT2D eigenvalue weighted by Crippen LogP contribution is -2.39. The van der Waals surface area contributed by atoms with Crippen molar-refractivity contribution in [2.75, 3.05) is 14.2 Å². The van der Waals surface area contributed by atoms with Crippen LogP contribution in [-0.2, 0) is 9.53 Å². The van der Waals surface area contributed by atoms with Gasteiger partial charge in [-0.25, -0.2) is 9.79 Å². The third-order valence-corrected chi connectivity index (χ3v) is 7.03. The van der Waals surface area contributed by atoms with Gasteiger partial charge >= 0.3 is 5.97 Å². The zero-order valence-electron chi connectivity index (χ0n) is 18.9. The van der Waals surface area contributed by atoms with Gasteiger partial charge in [0.25, 0.3) is 5.56 Å². The number of hydrogen-bond acceptors (Lipinski definition) is 8. The lowest BCUT2D eigenvalue weighted by Gasteiger charge is -2.24. The van der Waals surface area contributed by atoms with Crippen molar-refractivity contribution in [1.29, 1.82) is 0 Å². The molecule has 3 aromatic rings. The molecule has 0 bridgehead atoms. The number of benzene rings is 1. The highest BCUT2D eigenvalue weighted by Gasteiger charge is 2.34. The van der Waals surface area contributed by atoms with Gasteiger partial charge in [-0.15, -0.1) is 11.3 Å². The van der Waals surface area contributed by atoms with Crippen molar-refractivity contribution in [3.63, 3.8) is 0 Å². The number of allylic oxidation sites excluding steroid dienone is 1. The minimum atomic E-state index is -0.590. The Morgan fingerprint density at radius 1 is 1.21 bits per heavy atom. The number of nitrogens with zero attached hydrogens (tertiary/aromatic N) is 2. The molecule has 9 heteroatoms. The van der Waals surface area contributed by atoms with E-state index in [0.717, 1.165) is 10.4 Å². The number of thiophene rings is 1. The monoisotopic (exact) mass is 484 g/mol. The highest BCUT2D eigenvalue weighted by molar-refractivity contribution is 7.10. The quantitative estimate of drug-likeness (QED) is 0.502. The molecular formula is C24H24N2O5S2. The second kappa shape index (κ2) is 9.36. The molecule has 0 radical (unpaired) electrons. The zero-order chi connectivity index (χ0) is 23.7. The summed E-state index contributed by atoms with van der Waals surface area (Å²) in [4.78, 5) is 32.6. The third kappa shape index (κ3) is 4.38. The first kappa shape index (κ1) is 23.0. The van der Waals surface area contributed by atoms with Crippen molar-refractivity contribution in [3.8, 4) is 11.5 Å². The molecule has 1 aliphatic heterocycles. The Kier molecular flexibility index (Phi) is 6.53. The maximum atomic E-state index is 13.6. The Balaban J connectivity index is 1.91. The Morgan fingerprint density at radius 2 is 2.00 bits per heavy atom. The number of ether oxygens (including phenoxy) is 3. The van der Waals surface area contributed by atoms with Crippen LogP contribution in [0.5, 0.6) is 11.5 Å². The van der Waals surface area contributed by atoms with Gasteiger partial charge < -0.3 is 14.2 Å². The van der Waals surface area contributed by atoms with E-state index in [4.69, 9.17) is 14.2 Å². The molecule has 1 aliphatic rings. The van der Waals surface area contributed by atoms with E-state index < -0.39 is 12.0 Å². The van der Waals surface area contributed by atoms with E-state index in [1.165, 1.54) is 22.7 Å². The van der Waals surface area contributed by atoms with Crippen molar-refractivity contribution in [2.24, 2.45) is 4.99 Å². The lowest BCUT2D eigenvalue weighted by molar-refractivity contribution is -0.143. The largest absolute Gasteiger partial charge is 0.497 e. The summed E-state index contributed by atoms with van der Waals surface area (Å²) in [5.41, 5.74) is 1.45. The van der Waals surface area contributed by atoms with E-state index in [-0.39, 0.29) is 11.7 Å². The maximum absolute atomic E-state index is 13.6. The summed E-state index contributed by atoms with van der Waals surface area (Å²) >= 11 is 2.76. The predicted octanol–water partition coefficient (Wildman–Crippen LogP) is 3.27. The van der Waals surface area contributed by atoms with Gasteiger partial charge in [0.15, 0.2) is 4.80 Å². The second-order valence-corrected chi connectivity index (χ2v) is 9.65. The third-order valence-electron chi connectivity index (χ3n) is 5.12. The maximum Gasteiger partial charge on any atom is 0.338 e. The van der Waals surface area contributed by atoms with Crippen molar-refractivity contribution in [2.45, 2.75) is 32.9 Å². The Labute approximate surface area is 198 Å². The minimum Gasteiger partial charge on any atom is -0.497 e. The molecule has 7 nitrogen and oxygen atoms in total. The summed E-state index contributed by atoms with van der Waals surface area (Å²) in [7, 11) is 3.15. The van der Waals surface area contributed by atoms with E-state index in [2.05, 4.69) is 4.99 Å². The molecule has 0 spiro atoms. The number of rotatable bonds is 6. The van der Waals surface area contributed by atoms with Gasteiger partial charge in [-0.2, -0.15) is 0 Å². The first-order chi connectivity index (χ1) is 15.8. The topological polar surface area (TPSA) is 79.1 Å². The van der Waals surface area contributed by atoms with Crippen LogP contribution in [0, 0.1) is 0 Å². The molecule has 0 aliphatic carbocycles. The summed E-state index contributed by atoms with van der Waals surface area (Å²) in [5, 5.41) is 1.92. The minimum absolute atomic E-state index is 0.225. The van der Waals surface area contributed by atoms with E-state index in [1.807, 2.05) is 29.6 Å². The fourth-order valence-electron chi connectivity index (χ4n) is 3.66. The molecule has 172 valence electrons. The second-order valence-electron chi connectivity index (χ2n) is 7.66. The SMILES string of the molecule is COc1ccc(/C=c2/sc3n(c2=O)[C@H](c2cccs2)C(C(=O)OC(C)C)=C(C)N=3)c(OC)c1. The number of esters is 1. The van der Waals surface area contributed by atoms with Crippen LogP contribution < -0.4 is 24.4 Å². The highest BCUT2D eigenvalue weighted by atomic mass is 32.1. The standard InChI is InChI=1S/C24H24N2O5S2/c1-13(2)31-23(28)20-14(3)25-24-26(21(20)18-7-6-10-32-18)22(27)19(33-24)11-15-8-9-16(29-4)12-17(15)30-5/h6-13,21H,1-5H3/b19-11+/t21-/m1/s1. The van der Waals surface area contributed by atoms with Gasteiger partial charge in [0, 0.05) is 16.5 Å². The van der Waals surface area contributed by atoms with Crippen LogP contribution in [-0.4, -0.2) is 30.9 Å². The molecule has 1 atom stereocenters. The number of carbonyl (C=O) groups is 1. The fourth-order valence-corrected chi connectivity index (χ4v) is 5.52. The highest BCUT2D eigenvalue weighted by Crippen LogP contribution is 2.33. The molecule has 0 saturated carbocycles. The van der Waals surface area contributed by atoms with E-state index in [9.17, 15) is 9.59 Å². The Morgan fingerprint density at radius 3 is 2.64 bits per heavy atom. The van der Waals surface area contributed by atoms with Crippen molar-refractivity contribution in [3.05, 3.63) is 77.1 Å². The molecule has 0 unspecified atom stereocenters. The van der Waals surface area contributed by atoms with E-state index in [0.29, 0.717) is 32.1 Å². The summed E-state index contributed by atoms with van der Waals surface area (Å²) in [6, 6.07) is 8.64. The van der Waals surface area contributed by atoms with Crippen LogP contribution in [0.1, 0.15) is 37.3 Å². The molecular weight excluding hydrogens is 460 g/mol. The summed E-state index contributed by atoms with van der Waals surface area (Å²) in [5.74, 6) is 0.787. The first-order valence-electron chi connectivity index (χ1n) is 10.3. The number of methoxy groups -OCH3 is 2. The van der Waals surface area contributed by atoms with Crippen molar-refractivity contribution in [1.82, 2.24) is 4.57 Å². The molecule has 3 heterocycles. The molecule has 1 aromatic carbocycles. The van der Waals surface area contributed by atoms with E-state index in [1.54, 1.807) is 51.7 Å².